The zero-order valence-corrected chi connectivity index (χ0v) is 18.6. The highest BCUT2D eigenvalue weighted by molar-refractivity contribution is 4.99. The Morgan fingerprint density at radius 2 is 0.935 bits per heavy atom. The number of hydrogen-bond donors (Lipinski definition) is 0. The molecule has 0 aromatic heterocycles. The topological polar surface area (TPSA) is 0 Å². The predicted molar refractivity (Wildman–Crippen MR) is 110 cm³/mol. The Kier molecular flexibility index (Phi) is 7.52. The van der Waals surface area contributed by atoms with E-state index >= 15 is 13.2 Å². The summed E-state index contributed by atoms with van der Waals surface area (Å²) >= 11 is 0. The quantitative estimate of drug-likeness (QED) is 0.385. The fourth-order valence-corrected chi connectivity index (χ4v) is 7.52. The summed E-state index contributed by atoms with van der Waals surface area (Å²) < 4.78 is 86.4. The molecule has 0 saturated heterocycles. The molecular formula is C25H38F6. The average molecular weight is 453 g/mol. The maximum atomic E-state index is 15.2. The van der Waals surface area contributed by atoms with Gasteiger partial charge in [0.15, 0.2) is 6.17 Å². The molecule has 4 aliphatic carbocycles. The molecule has 0 bridgehead atoms. The molecule has 4 rings (SSSR count). The van der Waals surface area contributed by atoms with Crippen molar-refractivity contribution in [2.75, 3.05) is 0 Å². The fourth-order valence-electron chi connectivity index (χ4n) is 7.52. The van der Waals surface area contributed by atoms with E-state index in [-0.39, 0.29) is 37.5 Å². The lowest BCUT2D eigenvalue weighted by molar-refractivity contribution is -0.0669. The summed E-state index contributed by atoms with van der Waals surface area (Å²) in [5.74, 6) is -0.873. The molecule has 0 nitrogen and oxygen atoms in total. The third kappa shape index (κ3) is 5.08. The molecule has 0 spiro atoms. The Morgan fingerprint density at radius 1 is 0.452 bits per heavy atom. The van der Waals surface area contributed by atoms with Crippen molar-refractivity contribution in [1.82, 2.24) is 0 Å². The van der Waals surface area contributed by atoms with Gasteiger partial charge in [0.25, 0.3) is 0 Å². The normalized spacial score (nSPS) is 54.5. The van der Waals surface area contributed by atoms with Gasteiger partial charge >= 0.3 is 0 Å². The molecule has 4 aliphatic rings. The van der Waals surface area contributed by atoms with Crippen molar-refractivity contribution in [2.24, 2.45) is 41.4 Å². The summed E-state index contributed by atoms with van der Waals surface area (Å²) in [7, 11) is 0. The van der Waals surface area contributed by atoms with Crippen molar-refractivity contribution in [3.63, 3.8) is 0 Å². The predicted octanol–water partition coefficient (Wildman–Crippen LogP) is 7.69. The molecule has 7 atom stereocenters. The van der Waals surface area contributed by atoms with E-state index < -0.39 is 48.9 Å². The maximum Gasteiger partial charge on any atom is 0.162 e. The molecular weight excluding hydrogens is 414 g/mol. The monoisotopic (exact) mass is 452 g/mol. The molecule has 6 heteroatoms. The second kappa shape index (κ2) is 9.83. The summed E-state index contributed by atoms with van der Waals surface area (Å²) in [6, 6.07) is 0. The molecule has 7 unspecified atom stereocenters. The van der Waals surface area contributed by atoms with Crippen LogP contribution in [0.25, 0.3) is 0 Å². The summed E-state index contributed by atoms with van der Waals surface area (Å²) in [6.45, 7) is 2.27. The van der Waals surface area contributed by atoms with Crippen LogP contribution in [0.4, 0.5) is 26.3 Å². The standard InChI is InChI=1S/C25H38F6/c1-13-2-4-14(5-3-13)15-6-7-18(19(26)8-15)16-9-20(27)24(21(28)10-16)17-11-22(29)25(31)23(30)12-17/h13-25H,2-12H2,1H3. The first kappa shape index (κ1) is 23.7. The minimum absolute atomic E-state index is 0.0608. The van der Waals surface area contributed by atoms with Crippen LogP contribution in [0.15, 0.2) is 0 Å². The van der Waals surface area contributed by atoms with Gasteiger partial charge < -0.3 is 0 Å². The van der Waals surface area contributed by atoms with Crippen molar-refractivity contribution in [2.45, 2.75) is 115 Å². The van der Waals surface area contributed by atoms with Crippen LogP contribution >= 0.6 is 0 Å². The SMILES string of the molecule is CC1CCC(C2CCC(C3CC(F)C(C4CC(F)C(F)C(F)C4)C(F)C3)C(F)C2)CC1. The van der Waals surface area contributed by atoms with Crippen LogP contribution in [0.2, 0.25) is 0 Å². The van der Waals surface area contributed by atoms with Crippen LogP contribution in [-0.4, -0.2) is 37.0 Å². The third-order valence-corrected chi connectivity index (χ3v) is 9.38. The Hall–Kier alpha value is -0.420. The molecule has 4 fully saturated rings. The Morgan fingerprint density at radius 3 is 1.48 bits per heavy atom. The lowest BCUT2D eigenvalue weighted by Crippen LogP contribution is -2.48. The second-order valence-corrected chi connectivity index (χ2v) is 11.3. The summed E-state index contributed by atoms with van der Waals surface area (Å²) in [5, 5.41) is 0. The van der Waals surface area contributed by atoms with Gasteiger partial charge in [0.2, 0.25) is 0 Å². The first-order valence-corrected chi connectivity index (χ1v) is 12.6. The van der Waals surface area contributed by atoms with Crippen molar-refractivity contribution in [3.05, 3.63) is 0 Å². The molecule has 0 aromatic carbocycles. The average Bonchev–Trinajstić information content (AvgIpc) is 2.72. The number of alkyl halides is 6. The van der Waals surface area contributed by atoms with Crippen LogP contribution in [-0.2, 0) is 0 Å². The van der Waals surface area contributed by atoms with Crippen LogP contribution in [0.3, 0.4) is 0 Å². The Balaban J connectivity index is 1.33. The van der Waals surface area contributed by atoms with E-state index in [4.69, 9.17) is 0 Å². The zero-order valence-electron chi connectivity index (χ0n) is 18.6. The lowest BCUT2D eigenvalue weighted by Gasteiger charge is -2.46. The zero-order chi connectivity index (χ0) is 22.3. The van der Waals surface area contributed by atoms with Crippen LogP contribution < -0.4 is 0 Å². The molecule has 0 radical (unpaired) electrons. The highest BCUT2D eigenvalue weighted by Gasteiger charge is 2.51. The van der Waals surface area contributed by atoms with Gasteiger partial charge in [-0.3, -0.25) is 0 Å². The van der Waals surface area contributed by atoms with Gasteiger partial charge in [0.05, 0.1) is 0 Å². The first-order chi connectivity index (χ1) is 14.7. The van der Waals surface area contributed by atoms with E-state index in [2.05, 4.69) is 6.92 Å². The summed E-state index contributed by atoms with van der Waals surface area (Å²) in [5.41, 5.74) is 0. The molecule has 31 heavy (non-hydrogen) atoms. The van der Waals surface area contributed by atoms with Crippen LogP contribution in [0.1, 0.15) is 77.6 Å². The molecule has 4 saturated carbocycles. The molecule has 0 amide bonds. The van der Waals surface area contributed by atoms with E-state index in [0.717, 1.165) is 12.3 Å². The first-order valence-electron chi connectivity index (χ1n) is 12.6. The van der Waals surface area contributed by atoms with Gasteiger partial charge in [-0.25, -0.2) is 26.3 Å². The maximum absolute atomic E-state index is 15.2. The minimum atomic E-state index is -2.20. The van der Waals surface area contributed by atoms with Gasteiger partial charge in [-0.2, -0.15) is 0 Å². The Bertz CT molecular complexity index is 554. The van der Waals surface area contributed by atoms with Gasteiger partial charge in [0.1, 0.15) is 30.9 Å². The van der Waals surface area contributed by atoms with Gasteiger partial charge in [-0.05, 0) is 93.3 Å². The van der Waals surface area contributed by atoms with Gasteiger partial charge in [-0.1, -0.05) is 19.8 Å². The van der Waals surface area contributed by atoms with E-state index in [1.807, 2.05) is 0 Å². The molecule has 0 heterocycles. The van der Waals surface area contributed by atoms with E-state index in [9.17, 15) is 13.2 Å². The number of halogens is 6. The van der Waals surface area contributed by atoms with Crippen molar-refractivity contribution < 1.29 is 26.3 Å². The number of hydrogen-bond acceptors (Lipinski definition) is 0. The fraction of sp³-hybridized carbons (Fsp3) is 1.00. The van der Waals surface area contributed by atoms with Gasteiger partial charge in [-0.15, -0.1) is 0 Å². The molecule has 0 aromatic rings. The van der Waals surface area contributed by atoms with Crippen molar-refractivity contribution in [3.8, 4) is 0 Å². The highest BCUT2D eigenvalue weighted by atomic mass is 19.2. The third-order valence-electron chi connectivity index (χ3n) is 9.38. The van der Waals surface area contributed by atoms with Crippen molar-refractivity contribution in [1.29, 1.82) is 0 Å². The second-order valence-electron chi connectivity index (χ2n) is 11.3. The summed E-state index contributed by atoms with van der Waals surface area (Å²) in [4.78, 5) is 0. The largest absolute Gasteiger partial charge is 0.247 e. The lowest BCUT2D eigenvalue weighted by atomic mass is 9.62. The van der Waals surface area contributed by atoms with Crippen molar-refractivity contribution >= 4 is 0 Å². The molecule has 0 N–H and O–H groups in total. The molecule has 0 aliphatic heterocycles. The van der Waals surface area contributed by atoms with E-state index in [1.165, 1.54) is 25.7 Å². The van der Waals surface area contributed by atoms with E-state index in [0.29, 0.717) is 24.7 Å². The minimum Gasteiger partial charge on any atom is -0.247 e. The smallest absolute Gasteiger partial charge is 0.162 e. The van der Waals surface area contributed by atoms with Crippen LogP contribution in [0, 0.1) is 41.4 Å². The summed E-state index contributed by atoms with van der Waals surface area (Å²) in [6.07, 6.45) is -3.96. The number of rotatable bonds is 3. The van der Waals surface area contributed by atoms with Gasteiger partial charge in [0, 0.05) is 5.92 Å². The van der Waals surface area contributed by atoms with E-state index in [1.54, 1.807) is 0 Å². The Labute approximate surface area is 182 Å². The van der Waals surface area contributed by atoms with Crippen LogP contribution in [0.5, 0.6) is 0 Å². The molecule has 180 valence electrons. The highest BCUT2D eigenvalue weighted by Crippen LogP contribution is 2.50.